The van der Waals surface area contributed by atoms with Gasteiger partial charge in [-0.3, -0.25) is 0 Å². The van der Waals surface area contributed by atoms with Crippen LogP contribution in [0.3, 0.4) is 0 Å². The van der Waals surface area contributed by atoms with Gasteiger partial charge in [-0.25, -0.2) is 0 Å². The van der Waals surface area contributed by atoms with Crippen molar-refractivity contribution in [2.75, 3.05) is 0 Å². The van der Waals surface area contributed by atoms with Crippen molar-refractivity contribution < 1.29 is 0 Å². The maximum absolute atomic E-state index is 2.68. The molecule has 0 aromatic carbocycles. The quantitative estimate of drug-likeness (QED) is 0.427. The molecule has 3 fully saturated rings. The lowest BCUT2D eigenvalue weighted by atomic mass is 9.45. The molecule has 2 unspecified atom stereocenters. The van der Waals surface area contributed by atoms with E-state index < -0.39 is 0 Å². The summed E-state index contributed by atoms with van der Waals surface area (Å²) < 4.78 is 1.69. The molecule has 0 aliphatic heterocycles. The van der Waals surface area contributed by atoms with Crippen molar-refractivity contribution >= 4 is 22.6 Å². The Labute approximate surface area is 138 Å². The van der Waals surface area contributed by atoms with E-state index in [0.717, 1.165) is 23.7 Å². The zero-order chi connectivity index (χ0) is 14.0. The van der Waals surface area contributed by atoms with Gasteiger partial charge in [-0.05, 0) is 100 Å². The van der Waals surface area contributed by atoms with Crippen LogP contribution in [0.2, 0.25) is 0 Å². The maximum Gasteiger partial charge on any atom is 0.00135 e. The smallest absolute Gasteiger partial charge is 0.00135 e. The first-order valence-corrected chi connectivity index (χ1v) is 10.00. The van der Waals surface area contributed by atoms with Gasteiger partial charge >= 0.3 is 0 Å². The predicted molar refractivity (Wildman–Crippen MR) is 93.8 cm³/mol. The normalized spacial score (nSPS) is 54.6. The Bertz CT molecular complexity index is 439. The number of fused-ring (bicyclic) bond motifs is 5. The highest BCUT2D eigenvalue weighted by Crippen LogP contribution is 2.66. The minimum Gasteiger partial charge on any atom is -0.0743 e. The molecule has 0 bridgehead atoms. The molecule has 6 atom stereocenters. The Balaban J connectivity index is 1.65. The van der Waals surface area contributed by atoms with E-state index in [1.54, 1.807) is 16.4 Å². The molecule has 4 aliphatic carbocycles. The zero-order valence-electron chi connectivity index (χ0n) is 13.1. The Morgan fingerprint density at radius 1 is 1.00 bits per heavy atom. The first-order valence-electron chi connectivity index (χ1n) is 8.92. The van der Waals surface area contributed by atoms with E-state index in [1.807, 2.05) is 0 Å². The van der Waals surface area contributed by atoms with Crippen molar-refractivity contribution in [1.29, 1.82) is 0 Å². The summed E-state index contributed by atoms with van der Waals surface area (Å²) in [6, 6.07) is 0. The number of rotatable bonds is 0. The van der Waals surface area contributed by atoms with Crippen LogP contribution >= 0.6 is 22.6 Å². The molecular formula is C19H29I. The fourth-order valence-corrected chi connectivity index (χ4v) is 7.73. The van der Waals surface area contributed by atoms with Crippen molar-refractivity contribution in [1.82, 2.24) is 0 Å². The second-order valence-electron chi connectivity index (χ2n) is 8.65. The summed E-state index contributed by atoms with van der Waals surface area (Å²) in [6.45, 7) is 5.26. The highest BCUT2D eigenvalue weighted by Gasteiger charge is 2.57. The van der Waals surface area contributed by atoms with Gasteiger partial charge in [-0.1, -0.05) is 32.8 Å². The highest BCUT2D eigenvalue weighted by molar-refractivity contribution is 14.1. The van der Waals surface area contributed by atoms with Crippen molar-refractivity contribution in [3.63, 3.8) is 0 Å². The third-order valence-electron chi connectivity index (χ3n) is 8.07. The topological polar surface area (TPSA) is 0 Å². The molecule has 0 spiro atoms. The summed E-state index contributed by atoms with van der Waals surface area (Å²) in [5.74, 6) is 4.13. The summed E-state index contributed by atoms with van der Waals surface area (Å²) in [6.07, 6.45) is 16.1. The Hall–Kier alpha value is 0.470. The number of hydrogen-bond acceptors (Lipinski definition) is 0. The number of halogens is 1. The molecule has 0 radical (unpaired) electrons. The fourth-order valence-electron chi connectivity index (χ4n) is 6.81. The van der Waals surface area contributed by atoms with Gasteiger partial charge in [-0.2, -0.15) is 0 Å². The van der Waals surface area contributed by atoms with Gasteiger partial charge in [0, 0.05) is 5.41 Å². The van der Waals surface area contributed by atoms with Gasteiger partial charge in [0.05, 0.1) is 0 Å². The molecule has 0 aromatic rings. The Morgan fingerprint density at radius 2 is 1.85 bits per heavy atom. The molecule has 0 amide bonds. The van der Waals surface area contributed by atoms with Gasteiger partial charge in [0.25, 0.3) is 0 Å². The molecule has 0 nitrogen and oxygen atoms in total. The van der Waals surface area contributed by atoms with Crippen LogP contribution in [-0.4, -0.2) is 0 Å². The van der Waals surface area contributed by atoms with Crippen LogP contribution in [0.15, 0.2) is 9.66 Å². The van der Waals surface area contributed by atoms with E-state index in [-0.39, 0.29) is 0 Å². The minimum atomic E-state index is 0.555. The average molecular weight is 384 g/mol. The summed E-state index contributed by atoms with van der Waals surface area (Å²) in [5, 5.41) is 0. The largest absolute Gasteiger partial charge is 0.0743 e. The van der Waals surface area contributed by atoms with Crippen molar-refractivity contribution in [2.24, 2.45) is 34.5 Å². The first kappa shape index (κ1) is 14.1. The van der Waals surface area contributed by atoms with Crippen LogP contribution in [0.4, 0.5) is 0 Å². The van der Waals surface area contributed by atoms with Crippen LogP contribution in [0, 0.1) is 34.5 Å². The minimum absolute atomic E-state index is 0.555. The lowest BCUT2D eigenvalue weighted by Crippen LogP contribution is -2.52. The van der Waals surface area contributed by atoms with Gasteiger partial charge < -0.3 is 0 Å². The third-order valence-corrected chi connectivity index (χ3v) is 9.74. The van der Waals surface area contributed by atoms with Crippen LogP contribution in [0.1, 0.15) is 71.6 Å². The molecule has 112 valence electrons. The molecule has 3 saturated carbocycles. The number of hydrogen-bond donors (Lipinski definition) is 0. The van der Waals surface area contributed by atoms with Crippen molar-refractivity contribution in [3.8, 4) is 0 Å². The number of allylic oxidation sites excluding steroid dienone is 2. The van der Waals surface area contributed by atoms with Gasteiger partial charge in [0.1, 0.15) is 0 Å². The average Bonchev–Trinajstić information content (AvgIpc) is 2.74. The molecule has 0 aromatic heterocycles. The fraction of sp³-hybridized carbons (Fsp3) is 0.895. The molecule has 0 saturated heterocycles. The molecule has 0 N–H and O–H groups in total. The van der Waals surface area contributed by atoms with E-state index in [1.165, 1.54) is 44.9 Å². The maximum atomic E-state index is 2.68. The van der Waals surface area contributed by atoms with Crippen LogP contribution in [0.5, 0.6) is 0 Å². The van der Waals surface area contributed by atoms with Gasteiger partial charge in [0.15, 0.2) is 0 Å². The van der Waals surface area contributed by atoms with E-state index in [0.29, 0.717) is 10.8 Å². The van der Waals surface area contributed by atoms with Crippen LogP contribution in [-0.2, 0) is 0 Å². The van der Waals surface area contributed by atoms with E-state index >= 15 is 0 Å². The molecule has 20 heavy (non-hydrogen) atoms. The monoisotopic (exact) mass is 384 g/mol. The van der Waals surface area contributed by atoms with E-state index in [2.05, 4.69) is 42.5 Å². The summed E-state index contributed by atoms with van der Waals surface area (Å²) in [5.41, 5.74) is 1.26. The predicted octanol–water partition coefficient (Wildman–Crippen LogP) is 6.35. The van der Waals surface area contributed by atoms with Gasteiger partial charge in [-0.15, -0.1) is 0 Å². The van der Waals surface area contributed by atoms with Crippen molar-refractivity contribution in [2.45, 2.75) is 71.6 Å². The summed E-state index contributed by atoms with van der Waals surface area (Å²) in [7, 11) is 0. The van der Waals surface area contributed by atoms with E-state index in [4.69, 9.17) is 0 Å². The molecule has 4 aliphatic rings. The zero-order valence-corrected chi connectivity index (χ0v) is 15.3. The Morgan fingerprint density at radius 3 is 2.70 bits per heavy atom. The second-order valence-corrected chi connectivity index (χ2v) is 9.81. The van der Waals surface area contributed by atoms with Crippen LogP contribution in [0.25, 0.3) is 0 Å². The Kier molecular flexibility index (Phi) is 3.33. The summed E-state index contributed by atoms with van der Waals surface area (Å²) in [4.78, 5) is 0. The third kappa shape index (κ3) is 1.77. The van der Waals surface area contributed by atoms with Gasteiger partial charge in [0.2, 0.25) is 0 Å². The van der Waals surface area contributed by atoms with Crippen LogP contribution < -0.4 is 0 Å². The molecular weight excluding hydrogens is 355 g/mol. The lowest BCUT2D eigenvalue weighted by molar-refractivity contribution is -0.0972. The molecule has 4 rings (SSSR count). The van der Waals surface area contributed by atoms with Crippen molar-refractivity contribution in [3.05, 3.63) is 9.66 Å². The SMILES string of the molecule is C[C@]12CCC3C(CC[C@H]4CCCC[C@]34C)[C@@H]1CC=C2I. The lowest BCUT2D eigenvalue weighted by Gasteiger charge is -2.60. The molecule has 0 heterocycles. The summed E-state index contributed by atoms with van der Waals surface area (Å²) >= 11 is 2.65. The highest BCUT2D eigenvalue weighted by atomic mass is 127. The standard InChI is InChI=1S/C19H29I/c1-18-11-4-3-5-13(18)6-7-14-15-8-9-17(20)19(15,2)12-10-16(14)18/h9,13-16H,3-8,10-12H2,1-2H3/t13-,14?,15+,16?,18+,19+/m1/s1. The first-order chi connectivity index (χ1) is 9.56. The second kappa shape index (κ2) is 4.73. The molecule has 1 heteroatoms. The van der Waals surface area contributed by atoms with E-state index in [9.17, 15) is 0 Å².